The van der Waals surface area contributed by atoms with Crippen LogP contribution in [0.4, 0.5) is 0 Å². The van der Waals surface area contributed by atoms with Crippen molar-refractivity contribution in [2.45, 2.75) is 11.8 Å². The molecule has 0 nitrogen and oxygen atoms in total. The molecule has 2 aromatic carbocycles. The number of hydrogen-bond acceptors (Lipinski definition) is 1. The predicted molar refractivity (Wildman–Crippen MR) is 91.5 cm³/mol. The summed E-state index contributed by atoms with van der Waals surface area (Å²) in [6.45, 7) is 2.16. The molecule has 1 aromatic heterocycles. The summed E-state index contributed by atoms with van der Waals surface area (Å²) in [6.07, 6.45) is 0. The highest BCUT2D eigenvalue weighted by Gasteiger charge is 2.16. The van der Waals surface area contributed by atoms with Crippen LogP contribution < -0.4 is 0 Å². The van der Waals surface area contributed by atoms with Crippen LogP contribution in [-0.2, 0) is 0 Å². The average Bonchev–Trinajstić information content (AvgIpc) is 2.84. The van der Waals surface area contributed by atoms with Gasteiger partial charge in [0.15, 0.2) is 0 Å². The van der Waals surface area contributed by atoms with Gasteiger partial charge in [-0.3, -0.25) is 0 Å². The largest absolute Gasteiger partial charge is 0.143 e. The number of aryl methyl sites for hydroxylation is 1. The Morgan fingerprint density at radius 2 is 1.84 bits per heavy atom. The Hall–Kier alpha value is -0.640. The first-order valence-corrected chi connectivity index (χ1v) is 8.62. The highest BCUT2D eigenvalue weighted by atomic mass is 79.9. The molecule has 1 heterocycles. The van der Waals surface area contributed by atoms with Crippen LogP contribution in [-0.4, -0.2) is 0 Å². The molecule has 0 spiro atoms. The van der Waals surface area contributed by atoms with Gasteiger partial charge in [0.1, 0.15) is 0 Å². The number of fused-ring (bicyclic) bond motifs is 1. The zero-order valence-electron chi connectivity index (χ0n) is 10.4. The van der Waals surface area contributed by atoms with Crippen LogP contribution in [0.15, 0.2) is 52.3 Å². The molecule has 3 rings (SSSR count). The summed E-state index contributed by atoms with van der Waals surface area (Å²) < 4.78 is 2.46. The lowest BCUT2D eigenvalue weighted by molar-refractivity contribution is 1.16. The van der Waals surface area contributed by atoms with Crippen LogP contribution in [0.3, 0.4) is 0 Å². The number of thiophene rings is 1. The molecule has 0 N–H and O–H groups in total. The number of rotatable bonds is 2. The Bertz CT molecular complexity index is 730. The van der Waals surface area contributed by atoms with E-state index in [0.29, 0.717) is 0 Å². The quantitative estimate of drug-likeness (QED) is 0.437. The number of hydrogen-bond donors (Lipinski definition) is 0. The fourth-order valence-corrected chi connectivity index (χ4v) is 4.66. The predicted octanol–water partition coefficient (Wildman–Crippen LogP) is 6.46. The highest BCUT2D eigenvalue weighted by molar-refractivity contribution is 9.10. The minimum absolute atomic E-state index is 0.237. The van der Waals surface area contributed by atoms with E-state index in [-0.39, 0.29) is 4.83 Å². The Morgan fingerprint density at radius 1 is 1.05 bits per heavy atom. The van der Waals surface area contributed by atoms with Crippen LogP contribution in [0, 0.1) is 6.92 Å². The van der Waals surface area contributed by atoms with Crippen molar-refractivity contribution >= 4 is 53.3 Å². The lowest BCUT2D eigenvalue weighted by Gasteiger charge is -2.13. The third-order valence-corrected chi connectivity index (χ3v) is 5.76. The van der Waals surface area contributed by atoms with Gasteiger partial charge >= 0.3 is 0 Å². The fourth-order valence-electron chi connectivity index (χ4n) is 2.25. The van der Waals surface area contributed by atoms with E-state index >= 15 is 0 Å². The maximum atomic E-state index is 3.87. The summed E-state index contributed by atoms with van der Waals surface area (Å²) >= 11 is 9.23. The summed E-state index contributed by atoms with van der Waals surface area (Å²) in [4.78, 5) is 0.237. The molecule has 0 bridgehead atoms. The second kappa shape index (κ2) is 5.39. The van der Waals surface area contributed by atoms with E-state index in [1.807, 2.05) is 0 Å². The molecule has 0 radical (unpaired) electrons. The molecule has 19 heavy (non-hydrogen) atoms. The molecule has 1 atom stereocenters. The first kappa shape index (κ1) is 13.3. The van der Waals surface area contributed by atoms with Gasteiger partial charge in [0, 0.05) is 9.17 Å². The summed E-state index contributed by atoms with van der Waals surface area (Å²) in [5, 5.41) is 3.60. The maximum absolute atomic E-state index is 3.87. The van der Waals surface area contributed by atoms with Crippen molar-refractivity contribution in [1.29, 1.82) is 0 Å². The summed E-state index contributed by atoms with van der Waals surface area (Å²) in [5.41, 5.74) is 3.97. The molecule has 0 aliphatic rings. The van der Waals surface area contributed by atoms with Crippen molar-refractivity contribution in [2.24, 2.45) is 0 Å². The molecule has 1 unspecified atom stereocenters. The highest BCUT2D eigenvalue weighted by Crippen LogP contribution is 2.40. The molecule has 3 heteroatoms. The first-order valence-electron chi connectivity index (χ1n) is 6.03. The van der Waals surface area contributed by atoms with Crippen molar-refractivity contribution in [3.05, 3.63) is 69.0 Å². The molecule has 0 saturated carbocycles. The molecule has 96 valence electrons. The molecule has 0 saturated heterocycles. The lowest BCUT2D eigenvalue weighted by Crippen LogP contribution is -1.95. The van der Waals surface area contributed by atoms with Gasteiger partial charge in [0.25, 0.3) is 0 Å². The van der Waals surface area contributed by atoms with Crippen LogP contribution >= 0.6 is 43.2 Å². The van der Waals surface area contributed by atoms with Crippen molar-refractivity contribution < 1.29 is 0 Å². The standard InChI is InChI=1S/C16H12Br2S/c1-10-6-7-11(17)8-13(10)16(18)14-9-19-15-5-3-2-4-12(14)15/h2-9,16H,1H3. The summed E-state index contributed by atoms with van der Waals surface area (Å²) in [7, 11) is 0. The summed E-state index contributed by atoms with van der Waals surface area (Å²) in [6, 6.07) is 15.0. The Labute approximate surface area is 133 Å². The van der Waals surface area contributed by atoms with Crippen molar-refractivity contribution in [3.8, 4) is 0 Å². The molecule has 0 aliphatic heterocycles. The van der Waals surface area contributed by atoms with Crippen LogP contribution in [0.5, 0.6) is 0 Å². The van der Waals surface area contributed by atoms with Gasteiger partial charge in [-0.15, -0.1) is 11.3 Å². The third-order valence-electron chi connectivity index (χ3n) is 3.30. The first-order chi connectivity index (χ1) is 9.16. The second-order valence-corrected chi connectivity index (χ2v) is 7.29. The zero-order chi connectivity index (χ0) is 13.4. The Kier molecular flexibility index (Phi) is 3.79. The van der Waals surface area contributed by atoms with E-state index < -0.39 is 0 Å². The minimum Gasteiger partial charge on any atom is -0.143 e. The lowest BCUT2D eigenvalue weighted by atomic mass is 10.0. The Morgan fingerprint density at radius 3 is 2.68 bits per heavy atom. The van der Waals surface area contributed by atoms with Crippen molar-refractivity contribution in [2.75, 3.05) is 0 Å². The second-order valence-electron chi connectivity index (χ2n) is 4.55. The smallest absolute Gasteiger partial charge is 0.0661 e. The van der Waals surface area contributed by atoms with Gasteiger partial charge in [0.05, 0.1) is 4.83 Å². The van der Waals surface area contributed by atoms with E-state index in [1.165, 1.54) is 26.8 Å². The van der Waals surface area contributed by atoms with E-state index in [1.54, 1.807) is 11.3 Å². The molecular formula is C16H12Br2S. The van der Waals surface area contributed by atoms with Gasteiger partial charge in [0.2, 0.25) is 0 Å². The van der Waals surface area contributed by atoms with Gasteiger partial charge in [-0.05, 0) is 52.6 Å². The molecule has 0 amide bonds. The van der Waals surface area contributed by atoms with Gasteiger partial charge < -0.3 is 0 Å². The van der Waals surface area contributed by atoms with E-state index in [9.17, 15) is 0 Å². The van der Waals surface area contributed by atoms with Crippen molar-refractivity contribution in [1.82, 2.24) is 0 Å². The monoisotopic (exact) mass is 394 g/mol. The number of benzene rings is 2. The SMILES string of the molecule is Cc1ccc(Br)cc1C(Br)c1csc2ccccc12. The average molecular weight is 396 g/mol. The van der Waals surface area contributed by atoms with Crippen LogP contribution in [0.1, 0.15) is 21.5 Å². The summed E-state index contributed by atoms with van der Waals surface area (Å²) in [5.74, 6) is 0. The van der Waals surface area contributed by atoms with Gasteiger partial charge in [-0.2, -0.15) is 0 Å². The van der Waals surface area contributed by atoms with Crippen LogP contribution in [0.25, 0.3) is 10.1 Å². The topological polar surface area (TPSA) is 0 Å². The normalized spacial score (nSPS) is 12.8. The minimum atomic E-state index is 0.237. The van der Waals surface area contributed by atoms with E-state index in [2.05, 4.69) is 86.6 Å². The van der Waals surface area contributed by atoms with E-state index in [4.69, 9.17) is 0 Å². The third kappa shape index (κ3) is 2.51. The molecule has 0 aliphatic carbocycles. The van der Waals surface area contributed by atoms with Gasteiger partial charge in [-0.25, -0.2) is 0 Å². The zero-order valence-corrected chi connectivity index (χ0v) is 14.3. The molecular weight excluding hydrogens is 384 g/mol. The van der Waals surface area contributed by atoms with Crippen LogP contribution in [0.2, 0.25) is 0 Å². The Balaban J connectivity index is 2.13. The van der Waals surface area contributed by atoms with E-state index in [0.717, 1.165) is 4.47 Å². The van der Waals surface area contributed by atoms with Crippen molar-refractivity contribution in [3.63, 3.8) is 0 Å². The number of halogens is 2. The number of alkyl halides is 1. The molecule has 3 aromatic rings. The fraction of sp³-hybridized carbons (Fsp3) is 0.125. The van der Waals surface area contributed by atoms with Gasteiger partial charge in [-0.1, -0.05) is 56.1 Å². The maximum Gasteiger partial charge on any atom is 0.0661 e. The molecule has 0 fully saturated rings.